The molecule has 4 rings (SSSR count). The minimum atomic E-state index is -5.08. The molecule has 3 fully saturated rings. The number of piperidine rings is 1. The van der Waals surface area contributed by atoms with Crippen molar-refractivity contribution < 1.29 is 60.5 Å². The first kappa shape index (κ1) is 31.2. The van der Waals surface area contributed by atoms with Gasteiger partial charge >= 0.3 is 24.3 Å². The van der Waals surface area contributed by atoms with Gasteiger partial charge in [0.05, 0.1) is 37.5 Å². The number of carboxylic acid groups (broad SMARTS) is 2. The minimum absolute atomic E-state index is 0.0563. The number of rotatable bonds is 3. The van der Waals surface area contributed by atoms with Crippen molar-refractivity contribution in [2.45, 2.75) is 44.3 Å². The second-order valence-corrected chi connectivity index (χ2v) is 8.64. The van der Waals surface area contributed by atoms with E-state index in [1.807, 2.05) is 18.3 Å². The molecule has 3 aliphatic heterocycles. The molecular weight excluding hydrogens is 532 g/mol. The van der Waals surface area contributed by atoms with Crippen molar-refractivity contribution in [1.82, 2.24) is 14.9 Å². The lowest BCUT2D eigenvalue weighted by Gasteiger charge is -2.43. The third-order valence-corrected chi connectivity index (χ3v) is 5.79. The van der Waals surface area contributed by atoms with Crippen LogP contribution in [0.3, 0.4) is 0 Å². The van der Waals surface area contributed by atoms with Crippen molar-refractivity contribution in [2.24, 2.45) is 11.8 Å². The maximum Gasteiger partial charge on any atom is 0.490 e. The van der Waals surface area contributed by atoms with E-state index in [4.69, 9.17) is 29.4 Å². The number of carboxylic acids is 2. The SMILES string of the molecule is O=C(O)C(F)(F)F.O=C(O)C(F)(F)F.O=C([C@H]1CO[C@H]2CCN(Cc3ccccn3)C[C@H]2C1)N1CCCO1. The number of alkyl halides is 6. The predicted molar refractivity (Wildman–Crippen MR) is 115 cm³/mol. The third-order valence-electron chi connectivity index (χ3n) is 5.79. The molecule has 1 aromatic heterocycles. The van der Waals surface area contributed by atoms with Crippen LogP contribution in [0.5, 0.6) is 0 Å². The molecule has 0 radical (unpaired) electrons. The zero-order valence-electron chi connectivity index (χ0n) is 20.0. The Morgan fingerprint density at radius 3 is 2.16 bits per heavy atom. The van der Waals surface area contributed by atoms with Gasteiger partial charge in [-0.25, -0.2) is 14.7 Å². The number of carbonyl (C=O) groups excluding carboxylic acids is 1. The summed E-state index contributed by atoms with van der Waals surface area (Å²) in [4.78, 5) is 42.6. The van der Waals surface area contributed by atoms with Crippen molar-refractivity contribution in [3.63, 3.8) is 0 Å². The zero-order valence-corrected chi connectivity index (χ0v) is 20.0. The molecule has 4 heterocycles. The summed E-state index contributed by atoms with van der Waals surface area (Å²) >= 11 is 0. The summed E-state index contributed by atoms with van der Waals surface area (Å²) in [5.74, 6) is -5.04. The second-order valence-electron chi connectivity index (χ2n) is 8.64. The summed E-state index contributed by atoms with van der Waals surface area (Å²) in [7, 11) is 0. The Morgan fingerprint density at radius 1 is 1.03 bits per heavy atom. The number of likely N-dealkylation sites (tertiary alicyclic amines) is 1. The van der Waals surface area contributed by atoms with Crippen LogP contribution >= 0.6 is 0 Å². The molecule has 0 aliphatic carbocycles. The molecular formula is C22H27F6N3O7. The number of fused-ring (bicyclic) bond motifs is 1. The molecule has 0 bridgehead atoms. The van der Waals surface area contributed by atoms with Gasteiger partial charge in [-0.2, -0.15) is 26.3 Å². The first-order valence-corrected chi connectivity index (χ1v) is 11.5. The van der Waals surface area contributed by atoms with Crippen molar-refractivity contribution in [3.05, 3.63) is 30.1 Å². The van der Waals surface area contributed by atoms with Crippen molar-refractivity contribution in [3.8, 4) is 0 Å². The van der Waals surface area contributed by atoms with Crippen LogP contribution in [-0.2, 0) is 30.5 Å². The lowest BCUT2D eigenvalue weighted by Crippen LogP contribution is -2.50. The molecule has 16 heteroatoms. The Morgan fingerprint density at radius 2 is 1.66 bits per heavy atom. The van der Waals surface area contributed by atoms with E-state index in [1.165, 1.54) is 0 Å². The number of ether oxygens (including phenoxy) is 1. The Labute approximate surface area is 213 Å². The molecule has 0 spiro atoms. The van der Waals surface area contributed by atoms with Gasteiger partial charge in [0.15, 0.2) is 0 Å². The number of pyridine rings is 1. The standard InChI is InChI=1S/C18H25N3O3.2C2HF3O2/c22-18(21-7-3-9-24-21)15-10-14-11-20(8-5-17(14)23-13-15)12-16-4-1-2-6-19-16;2*3-2(4,5)1(6)7/h1-2,4,6,14-15,17H,3,5,7-13H2;2*(H,6,7)/t14-,15-,17+;;/m1../s1. The summed E-state index contributed by atoms with van der Waals surface area (Å²) in [6.45, 7) is 4.80. The summed E-state index contributed by atoms with van der Waals surface area (Å²) in [6, 6.07) is 6.05. The van der Waals surface area contributed by atoms with Crippen LogP contribution in [-0.4, -0.2) is 94.3 Å². The number of carbonyl (C=O) groups is 3. The Balaban J connectivity index is 0.000000301. The number of hydrogen-bond acceptors (Lipinski definition) is 7. The van der Waals surface area contributed by atoms with Gasteiger partial charge in [0.25, 0.3) is 5.91 Å². The fraction of sp³-hybridized carbons (Fsp3) is 0.636. The van der Waals surface area contributed by atoms with Crippen LogP contribution in [0.1, 0.15) is 25.0 Å². The summed E-state index contributed by atoms with van der Waals surface area (Å²) in [6.07, 6.45) is -5.14. The van der Waals surface area contributed by atoms with Gasteiger partial charge in [-0.05, 0) is 37.3 Å². The molecule has 10 nitrogen and oxygen atoms in total. The number of hydrogen-bond donors (Lipinski definition) is 2. The molecule has 1 aromatic rings. The number of aliphatic carboxylic acids is 2. The van der Waals surface area contributed by atoms with Crippen molar-refractivity contribution in [1.29, 1.82) is 0 Å². The average molecular weight is 559 g/mol. The predicted octanol–water partition coefficient (Wildman–Crippen LogP) is 2.74. The smallest absolute Gasteiger partial charge is 0.475 e. The molecule has 0 aromatic carbocycles. The minimum Gasteiger partial charge on any atom is -0.475 e. The van der Waals surface area contributed by atoms with Crippen LogP contribution in [0.15, 0.2) is 24.4 Å². The highest BCUT2D eigenvalue weighted by Crippen LogP contribution is 2.33. The molecule has 0 unspecified atom stereocenters. The van der Waals surface area contributed by atoms with Crippen molar-refractivity contribution >= 4 is 17.8 Å². The monoisotopic (exact) mass is 559 g/mol. The van der Waals surface area contributed by atoms with E-state index < -0.39 is 24.3 Å². The normalized spacial score (nSPS) is 23.7. The summed E-state index contributed by atoms with van der Waals surface area (Å²) in [5, 5.41) is 15.8. The van der Waals surface area contributed by atoms with Crippen LogP contribution < -0.4 is 0 Å². The maximum absolute atomic E-state index is 12.5. The largest absolute Gasteiger partial charge is 0.490 e. The van der Waals surface area contributed by atoms with Crippen LogP contribution in [0, 0.1) is 11.8 Å². The Kier molecular flexibility index (Phi) is 11.3. The van der Waals surface area contributed by atoms with Crippen LogP contribution in [0.4, 0.5) is 26.3 Å². The fourth-order valence-electron chi connectivity index (χ4n) is 4.07. The molecule has 1 amide bonds. The molecule has 3 atom stereocenters. The summed E-state index contributed by atoms with van der Waals surface area (Å²) in [5.41, 5.74) is 1.10. The zero-order chi connectivity index (χ0) is 28.5. The van der Waals surface area contributed by atoms with E-state index in [0.29, 0.717) is 25.2 Å². The number of nitrogens with zero attached hydrogens (tertiary/aromatic N) is 3. The first-order valence-electron chi connectivity index (χ1n) is 11.5. The second kappa shape index (κ2) is 13.7. The van der Waals surface area contributed by atoms with Crippen LogP contribution in [0.2, 0.25) is 0 Å². The van der Waals surface area contributed by atoms with Gasteiger partial charge in [0.2, 0.25) is 0 Å². The highest BCUT2D eigenvalue weighted by molar-refractivity contribution is 5.78. The van der Waals surface area contributed by atoms with Crippen molar-refractivity contribution in [2.75, 3.05) is 32.8 Å². The Hall–Kier alpha value is -2.98. The average Bonchev–Trinajstić information content (AvgIpc) is 3.38. The molecule has 38 heavy (non-hydrogen) atoms. The Bertz CT molecular complexity index is 902. The molecule has 214 valence electrons. The molecule has 2 N–H and O–H groups in total. The van der Waals surface area contributed by atoms with E-state index in [-0.39, 0.29) is 11.8 Å². The van der Waals surface area contributed by atoms with Gasteiger partial charge in [0.1, 0.15) is 0 Å². The van der Waals surface area contributed by atoms with E-state index in [1.54, 1.807) is 5.06 Å². The van der Waals surface area contributed by atoms with Gasteiger partial charge in [-0.3, -0.25) is 19.5 Å². The topological polar surface area (TPSA) is 129 Å². The van der Waals surface area contributed by atoms with E-state index >= 15 is 0 Å². The maximum atomic E-state index is 12.5. The van der Waals surface area contributed by atoms with E-state index in [9.17, 15) is 31.1 Å². The van der Waals surface area contributed by atoms with Gasteiger partial charge in [0, 0.05) is 25.8 Å². The number of halogens is 6. The molecule has 3 saturated heterocycles. The number of aromatic nitrogens is 1. The fourth-order valence-corrected chi connectivity index (χ4v) is 4.07. The van der Waals surface area contributed by atoms with Gasteiger partial charge in [-0.15, -0.1) is 0 Å². The van der Waals surface area contributed by atoms with Gasteiger partial charge < -0.3 is 14.9 Å². The first-order chi connectivity index (χ1) is 17.7. The van der Waals surface area contributed by atoms with E-state index in [0.717, 1.165) is 51.1 Å². The number of amides is 1. The van der Waals surface area contributed by atoms with Crippen LogP contribution in [0.25, 0.3) is 0 Å². The number of hydroxylamine groups is 2. The highest BCUT2D eigenvalue weighted by Gasteiger charge is 2.40. The quantitative estimate of drug-likeness (QED) is 0.537. The van der Waals surface area contributed by atoms with E-state index in [2.05, 4.69) is 16.0 Å². The summed E-state index contributed by atoms with van der Waals surface area (Å²) < 4.78 is 69.5. The van der Waals surface area contributed by atoms with Gasteiger partial charge in [-0.1, -0.05) is 6.07 Å². The highest BCUT2D eigenvalue weighted by atomic mass is 19.4. The lowest BCUT2D eigenvalue weighted by molar-refractivity contribution is -0.193. The molecule has 0 saturated carbocycles. The lowest BCUT2D eigenvalue weighted by atomic mass is 9.83. The molecule has 3 aliphatic rings. The third kappa shape index (κ3) is 10.1.